The van der Waals surface area contributed by atoms with Crippen LogP contribution in [0.1, 0.15) is 11.1 Å². The van der Waals surface area contributed by atoms with Crippen LogP contribution in [0.5, 0.6) is 11.5 Å². The molecule has 0 aliphatic carbocycles. The average molecular weight is 423 g/mol. The molecule has 1 N–H and O–H groups in total. The van der Waals surface area contributed by atoms with Crippen LogP contribution in [0.15, 0.2) is 58.6 Å². The van der Waals surface area contributed by atoms with Gasteiger partial charge in [0.1, 0.15) is 13.2 Å². The fraction of sp³-hybridized carbons (Fsp3) is 0.227. The number of nitrogens with one attached hydrogen (secondary N) is 1. The zero-order chi connectivity index (χ0) is 21.1. The molecular weight excluding hydrogens is 402 g/mol. The molecule has 2 aromatic carbocycles. The van der Waals surface area contributed by atoms with Gasteiger partial charge in [0.2, 0.25) is 5.91 Å². The summed E-state index contributed by atoms with van der Waals surface area (Å²) in [6.45, 7) is 4.93. The van der Waals surface area contributed by atoms with Gasteiger partial charge in [-0.3, -0.25) is 14.2 Å². The highest BCUT2D eigenvalue weighted by Gasteiger charge is 2.15. The first-order valence-corrected chi connectivity index (χ1v) is 10.5. The molecule has 2 heterocycles. The van der Waals surface area contributed by atoms with Gasteiger partial charge in [0.05, 0.1) is 11.4 Å². The fourth-order valence-electron chi connectivity index (χ4n) is 3.26. The van der Waals surface area contributed by atoms with Gasteiger partial charge in [-0.2, -0.15) is 0 Å². The number of amides is 1. The van der Waals surface area contributed by atoms with Crippen molar-refractivity contribution in [3.8, 4) is 17.2 Å². The lowest BCUT2D eigenvalue weighted by Crippen LogP contribution is -2.22. The monoisotopic (exact) mass is 423 g/mol. The minimum absolute atomic E-state index is 0.0837. The van der Waals surface area contributed by atoms with E-state index in [1.54, 1.807) is 30.6 Å². The van der Waals surface area contributed by atoms with E-state index in [1.807, 2.05) is 32.0 Å². The molecule has 4 rings (SSSR count). The van der Waals surface area contributed by atoms with E-state index in [1.165, 1.54) is 4.57 Å². The number of thioether (sulfide) groups is 1. The summed E-state index contributed by atoms with van der Waals surface area (Å²) in [7, 11) is 0. The van der Waals surface area contributed by atoms with E-state index in [9.17, 15) is 9.59 Å². The van der Waals surface area contributed by atoms with Crippen molar-refractivity contribution in [2.75, 3.05) is 24.3 Å². The SMILES string of the molecule is Cc1cc(C)cc(NC(=O)CSc2nccn(-c3ccc4c(c3)OCCO4)c2=O)c1. The van der Waals surface area contributed by atoms with Crippen molar-refractivity contribution < 1.29 is 14.3 Å². The first-order valence-electron chi connectivity index (χ1n) is 9.48. The van der Waals surface area contributed by atoms with Gasteiger partial charge in [0, 0.05) is 24.1 Å². The second-order valence-electron chi connectivity index (χ2n) is 6.95. The number of anilines is 1. The largest absolute Gasteiger partial charge is 0.486 e. The summed E-state index contributed by atoms with van der Waals surface area (Å²) in [5.74, 6) is 1.15. The molecule has 154 valence electrons. The van der Waals surface area contributed by atoms with E-state index in [0.717, 1.165) is 28.6 Å². The maximum absolute atomic E-state index is 12.9. The Kier molecular flexibility index (Phi) is 5.76. The van der Waals surface area contributed by atoms with E-state index in [2.05, 4.69) is 10.3 Å². The molecule has 7 nitrogen and oxygen atoms in total. The molecule has 30 heavy (non-hydrogen) atoms. The molecule has 1 aliphatic rings. The minimum atomic E-state index is -0.293. The van der Waals surface area contributed by atoms with Gasteiger partial charge in [0.15, 0.2) is 16.5 Å². The van der Waals surface area contributed by atoms with Gasteiger partial charge in [-0.25, -0.2) is 4.98 Å². The Morgan fingerprint density at radius 2 is 1.83 bits per heavy atom. The van der Waals surface area contributed by atoms with Gasteiger partial charge < -0.3 is 14.8 Å². The van der Waals surface area contributed by atoms with Gasteiger partial charge >= 0.3 is 0 Å². The summed E-state index contributed by atoms with van der Waals surface area (Å²) in [5, 5.41) is 3.12. The Labute approximate surface area is 178 Å². The third kappa shape index (κ3) is 4.49. The Balaban J connectivity index is 1.48. The number of nitrogens with zero attached hydrogens (tertiary/aromatic N) is 2. The lowest BCUT2D eigenvalue weighted by molar-refractivity contribution is -0.113. The normalized spacial score (nSPS) is 12.5. The smallest absolute Gasteiger partial charge is 0.287 e. The number of fused-ring (bicyclic) bond motifs is 1. The zero-order valence-corrected chi connectivity index (χ0v) is 17.5. The summed E-state index contributed by atoms with van der Waals surface area (Å²) < 4.78 is 12.6. The molecule has 8 heteroatoms. The second-order valence-corrected chi connectivity index (χ2v) is 7.91. The average Bonchev–Trinajstić information content (AvgIpc) is 2.72. The molecule has 0 fully saturated rings. The summed E-state index contributed by atoms with van der Waals surface area (Å²) >= 11 is 1.11. The number of hydrogen-bond acceptors (Lipinski definition) is 6. The number of rotatable bonds is 5. The van der Waals surface area contributed by atoms with E-state index in [-0.39, 0.29) is 22.2 Å². The quantitative estimate of drug-likeness (QED) is 0.634. The minimum Gasteiger partial charge on any atom is -0.486 e. The molecule has 0 saturated heterocycles. The van der Waals surface area contributed by atoms with Crippen LogP contribution >= 0.6 is 11.8 Å². The van der Waals surface area contributed by atoms with Crippen molar-refractivity contribution in [1.29, 1.82) is 0 Å². The van der Waals surface area contributed by atoms with Crippen molar-refractivity contribution >= 4 is 23.4 Å². The van der Waals surface area contributed by atoms with Crippen LogP contribution in [0.25, 0.3) is 5.69 Å². The summed E-state index contributed by atoms with van der Waals surface area (Å²) in [4.78, 5) is 29.4. The molecule has 0 unspecified atom stereocenters. The molecule has 0 atom stereocenters. The Morgan fingerprint density at radius 1 is 1.10 bits per heavy atom. The van der Waals surface area contributed by atoms with E-state index in [4.69, 9.17) is 9.47 Å². The van der Waals surface area contributed by atoms with Gasteiger partial charge in [-0.15, -0.1) is 0 Å². The zero-order valence-electron chi connectivity index (χ0n) is 16.7. The van der Waals surface area contributed by atoms with Crippen LogP contribution in [0.4, 0.5) is 5.69 Å². The number of aromatic nitrogens is 2. The molecule has 1 aromatic heterocycles. The van der Waals surface area contributed by atoms with Crippen molar-refractivity contribution in [2.45, 2.75) is 18.9 Å². The Bertz CT molecular complexity index is 1140. The third-order valence-electron chi connectivity index (χ3n) is 4.46. The molecule has 0 radical (unpaired) electrons. The van der Waals surface area contributed by atoms with Crippen LogP contribution < -0.4 is 20.3 Å². The topological polar surface area (TPSA) is 82.5 Å². The standard InChI is InChI=1S/C22H21N3O4S/c1-14-9-15(2)11-16(10-14)24-20(26)13-30-21-22(27)25(6-5-23-21)17-3-4-18-19(12-17)29-8-7-28-18/h3-6,9-12H,7-8,13H2,1-2H3,(H,24,26). The maximum Gasteiger partial charge on any atom is 0.287 e. The Morgan fingerprint density at radius 3 is 2.60 bits per heavy atom. The van der Waals surface area contributed by atoms with Crippen molar-refractivity contribution in [3.63, 3.8) is 0 Å². The fourth-order valence-corrected chi connectivity index (χ4v) is 3.95. The van der Waals surface area contributed by atoms with Crippen LogP contribution in [0.2, 0.25) is 0 Å². The van der Waals surface area contributed by atoms with E-state index in [0.29, 0.717) is 30.4 Å². The molecule has 1 aliphatic heterocycles. The van der Waals surface area contributed by atoms with Crippen LogP contribution in [-0.2, 0) is 4.79 Å². The summed E-state index contributed by atoms with van der Waals surface area (Å²) in [6.07, 6.45) is 3.13. The molecule has 0 bridgehead atoms. The molecule has 1 amide bonds. The highest BCUT2D eigenvalue weighted by molar-refractivity contribution is 7.99. The first kappa shape index (κ1) is 20.0. The molecule has 3 aromatic rings. The third-order valence-corrected chi connectivity index (χ3v) is 5.42. The Hall–Kier alpha value is -3.26. The number of carbonyl (C=O) groups excluding carboxylic acids is 1. The van der Waals surface area contributed by atoms with Crippen LogP contribution in [0, 0.1) is 13.8 Å². The molecule has 0 spiro atoms. The number of ether oxygens (including phenoxy) is 2. The van der Waals surface area contributed by atoms with Crippen LogP contribution in [0.3, 0.4) is 0 Å². The van der Waals surface area contributed by atoms with Crippen molar-refractivity contribution in [2.24, 2.45) is 0 Å². The van der Waals surface area contributed by atoms with E-state index >= 15 is 0 Å². The van der Waals surface area contributed by atoms with Crippen molar-refractivity contribution in [3.05, 3.63) is 70.3 Å². The second kappa shape index (κ2) is 8.62. The number of hydrogen-bond donors (Lipinski definition) is 1. The first-order chi connectivity index (χ1) is 14.5. The summed E-state index contributed by atoms with van der Waals surface area (Å²) in [5.41, 5.74) is 3.24. The molecular formula is C22H21N3O4S. The lowest BCUT2D eigenvalue weighted by Gasteiger charge is -2.19. The van der Waals surface area contributed by atoms with Crippen LogP contribution in [-0.4, -0.2) is 34.4 Å². The van der Waals surface area contributed by atoms with Gasteiger partial charge in [0.25, 0.3) is 5.56 Å². The highest BCUT2D eigenvalue weighted by atomic mass is 32.2. The van der Waals surface area contributed by atoms with E-state index < -0.39 is 0 Å². The lowest BCUT2D eigenvalue weighted by atomic mass is 10.1. The predicted molar refractivity (Wildman–Crippen MR) is 116 cm³/mol. The maximum atomic E-state index is 12.9. The van der Waals surface area contributed by atoms with Crippen molar-refractivity contribution in [1.82, 2.24) is 9.55 Å². The highest BCUT2D eigenvalue weighted by Crippen LogP contribution is 2.31. The predicted octanol–water partition coefficient (Wildman–Crippen LogP) is 3.35. The number of aryl methyl sites for hydroxylation is 2. The van der Waals surface area contributed by atoms with Gasteiger partial charge in [-0.1, -0.05) is 17.8 Å². The number of benzene rings is 2. The number of carbonyl (C=O) groups is 1. The molecule has 0 saturated carbocycles. The summed E-state index contributed by atoms with van der Waals surface area (Å²) in [6, 6.07) is 11.2. The van der Waals surface area contributed by atoms with Gasteiger partial charge in [-0.05, 0) is 49.2 Å².